The molecule has 0 aliphatic carbocycles. The van der Waals surface area contributed by atoms with Crippen LogP contribution >= 0.6 is 0 Å². The number of rotatable bonds is 2. The molecule has 1 aromatic heterocycles. The lowest BCUT2D eigenvalue weighted by Crippen LogP contribution is -2.43. The van der Waals surface area contributed by atoms with Gasteiger partial charge in [-0.3, -0.25) is 4.98 Å². The molecule has 1 aliphatic heterocycles. The van der Waals surface area contributed by atoms with Crippen molar-refractivity contribution in [2.75, 3.05) is 13.1 Å². The maximum Gasteiger partial charge on any atom is 0.262 e. The molecule has 1 fully saturated rings. The second kappa shape index (κ2) is 4.44. The van der Waals surface area contributed by atoms with E-state index < -0.39 is 10.0 Å². The quantitative estimate of drug-likeness (QED) is 0.761. The third kappa shape index (κ3) is 2.21. The number of hydrogen-bond donors (Lipinski definition) is 1. The highest BCUT2D eigenvalue weighted by atomic mass is 32.2. The maximum atomic E-state index is 12.1. The Kier molecular flexibility index (Phi) is 3.17. The van der Waals surface area contributed by atoms with Crippen molar-refractivity contribution < 1.29 is 8.42 Å². The van der Waals surface area contributed by atoms with Gasteiger partial charge in [0.15, 0.2) is 5.03 Å². The van der Waals surface area contributed by atoms with Gasteiger partial charge in [0, 0.05) is 31.5 Å². The van der Waals surface area contributed by atoms with Crippen LogP contribution in [0.5, 0.6) is 0 Å². The summed E-state index contributed by atoms with van der Waals surface area (Å²) in [5.41, 5.74) is 5.73. The van der Waals surface area contributed by atoms with Gasteiger partial charge in [-0.05, 0) is 12.8 Å². The van der Waals surface area contributed by atoms with Gasteiger partial charge in [0.2, 0.25) is 0 Å². The first-order valence-corrected chi connectivity index (χ1v) is 6.56. The Morgan fingerprint density at radius 2 is 2.00 bits per heavy atom. The molecule has 1 aromatic rings. The minimum atomic E-state index is -3.48. The van der Waals surface area contributed by atoms with E-state index in [1.165, 1.54) is 22.9 Å². The van der Waals surface area contributed by atoms with E-state index in [-0.39, 0.29) is 11.1 Å². The van der Waals surface area contributed by atoms with E-state index in [9.17, 15) is 8.42 Å². The monoisotopic (exact) mass is 242 g/mol. The van der Waals surface area contributed by atoms with Gasteiger partial charge in [0.05, 0.1) is 6.20 Å². The molecule has 0 atom stereocenters. The fraction of sp³-hybridized carbons (Fsp3) is 0.556. The lowest BCUT2D eigenvalue weighted by molar-refractivity contribution is 0.319. The van der Waals surface area contributed by atoms with Crippen LogP contribution in [-0.4, -0.2) is 41.8 Å². The third-order valence-electron chi connectivity index (χ3n) is 2.64. The second-order valence-electron chi connectivity index (χ2n) is 3.79. The zero-order valence-corrected chi connectivity index (χ0v) is 9.60. The summed E-state index contributed by atoms with van der Waals surface area (Å²) in [6.07, 6.45) is 5.48. The minimum absolute atomic E-state index is 0.00507. The fourth-order valence-corrected chi connectivity index (χ4v) is 3.01. The van der Waals surface area contributed by atoms with Gasteiger partial charge in [-0.1, -0.05) is 0 Å². The van der Waals surface area contributed by atoms with Crippen LogP contribution in [0.3, 0.4) is 0 Å². The number of nitrogens with two attached hydrogens (primary N) is 1. The van der Waals surface area contributed by atoms with Crippen LogP contribution < -0.4 is 5.73 Å². The van der Waals surface area contributed by atoms with Crippen LogP contribution in [0.25, 0.3) is 0 Å². The molecule has 16 heavy (non-hydrogen) atoms. The standard InChI is InChI=1S/C9H14N4O2S/c10-8-1-5-13(6-2-8)16(14,15)9-7-11-3-4-12-9/h3-4,7-8H,1-2,5-6,10H2. The molecule has 0 aromatic carbocycles. The normalized spacial score (nSPS) is 19.8. The average Bonchev–Trinajstić information content (AvgIpc) is 2.31. The van der Waals surface area contributed by atoms with E-state index >= 15 is 0 Å². The Bertz CT molecular complexity index is 440. The Labute approximate surface area is 94.6 Å². The van der Waals surface area contributed by atoms with Crippen molar-refractivity contribution in [2.24, 2.45) is 5.73 Å². The molecule has 2 N–H and O–H groups in total. The van der Waals surface area contributed by atoms with Crippen molar-refractivity contribution in [1.29, 1.82) is 0 Å². The Hall–Kier alpha value is -1.05. The van der Waals surface area contributed by atoms with Crippen LogP contribution in [0.1, 0.15) is 12.8 Å². The summed E-state index contributed by atoms with van der Waals surface area (Å²) in [4.78, 5) is 7.59. The molecule has 7 heteroatoms. The molecule has 0 unspecified atom stereocenters. The van der Waals surface area contributed by atoms with Gasteiger partial charge >= 0.3 is 0 Å². The molecule has 0 saturated carbocycles. The zero-order chi connectivity index (χ0) is 11.6. The van der Waals surface area contributed by atoms with Gasteiger partial charge in [-0.2, -0.15) is 4.31 Å². The Morgan fingerprint density at radius 3 is 2.56 bits per heavy atom. The van der Waals surface area contributed by atoms with Crippen LogP contribution in [0.2, 0.25) is 0 Å². The van der Waals surface area contributed by atoms with Gasteiger partial charge in [0.1, 0.15) is 0 Å². The fourth-order valence-electron chi connectivity index (χ4n) is 1.67. The van der Waals surface area contributed by atoms with E-state index in [0.29, 0.717) is 25.9 Å². The molecule has 88 valence electrons. The Morgan fingerprint density at radius 1 is 1.31 bits per heavy atom. The third-order valence-corrected chi connectivity index (χ3v) is 4.43. The van der Waals surface area contributed by atoms with Crippen molar-refractivity contribution >= 4 is 10.0 Å². The Balaban J connectivity index is 2.20. The molecular formula is C9H14N4O2S. The highest BCUT2D eigenvalue weighted by Crippen LogP contribution is 2.17. The molecule has 2 rings (SSSR count). The van der Waals surface area contributed by atoms with Crippen LogP contribution in [0.4, 0.5) is 0 Å². The summed E-state index contributed by atoms with van der Waals surface area (Å²) < 4.78 is 25.6. The number of sulfonamides is 1. The van der Waals surface area contributed by atoms with Crippen molar-refractivity contribution in [2.45, 2.75) is 23.9 Å². The summed E-state index contributed by atoms with van der Waals surface area (Å²) in [6, 6.07) is 0.105. The summed E-state index contributed by atoms with van der Waals surface area (Å²) in [6.45, 7) is 0.917. The number of nitrogens with zero attached hydrogens (tertiary/aromatic N) is 3. The first kappa shape index (κ1) is 11.4. The second-order valence-corrected chi connectivity index (χ2v) is 5.67. The summed E-state index contributed by atoms with van der Waals surface area (Å²) >= 11 is 0. The lowest BCUT2D eigenvalue weighted by atomic mass is 10.1. The largest absolute Gasteiger partial charge is 0.328 e. The van der Waals surface area contributed by atoms with E-state index in [4.69, 9.17) is 5.73 Å². The predicted molar refractivity (Wildman–Crippen MR) is 58.0 cm³/mol. The lowest BCUT2D eigenvalue weighted by Gasteiger charge is -2.28. The SMILES string of the molecule is NC1CCN(S(=O)(=O)c2cnccn2)CC1. The first-order chi connectivity index (χ1) is 7.60. The molecular weight excluding hydrogens is 228 g/mol. The predicted octanol–water partition coefficient (Wildman–Crippen LogP) is -0.412. The smallest absolute Gasteiger partial charge is 0.262 e. The van der Waals surface area contributed by atoms with Gasteiger partial charge < -0.3 is 5.73 Å². The topological polar surface area (TPSA) is 89.2 Å². The van der Waals surface area contributed by atoms with Crippen molar-refractivity contribution in [3.05, 3.63) is 18.6 Å². The summed E-state index contributed by atoms with van der Waals surface area (Å²) in [5, 5.41) is 0.00507. The molecule has 0 radical (unpaired) electrons. The van der Waals surface area contributed by atoms with E-state index in [1.807, 2.05) is 0 Å². The highest BCUT2D eigenvalue weighted by molar-refractivity contribution is 7.89. The molecule has 0 bridgehead atoms. The van der Waals surface area contributed by atoms with Crippen molar-refractivity contribution in [3.8, 4) is 0 Å². The zero-order valence-electron chi connectivity index (χ0n) is 8.78. The molecule has 0 spiro atoms. The molecule has 2 heterocycles. The van der Waals surface area contributed by atoms with Crippen molar-refractivity contribution in [3.63, 3.8) is 0 Å². The van der Waals surface area contributed by atoms with Gasteiger partial charge in [-0.25, -0.2) is 13.4 Å². The van der Waals surface area contributed by atoms with E-state index in [2.05, 4.69) is 9.97 Å². The highest BCUT2D eigenvalue weighted by Gasteiger charge is 2.29. The van der Waals surface area contributed by atoms with E-state index in [0.717, 1.165) is 0 Å². The van der Waals surface area contributed by atoms with Crippen LogP contribution in [0, 0.1) is 0 Å². The summed E-state index contributed by atoms with van der Waals surface area (Å²) in [7, 11) is -3.48. The number of aromatic nitrogens is 2. The molecule has 0 amide bonds. The van der Waals surface area contributed by atoms with E-state index in [1.54, 1.807) is 0 Å². The average molecular weight is 242 g/mol. The van der Waals surface area contributed by atoms with Gasteiger partial charge in [0.25, 0.3) is 10.0 Å². The summed E-state index contributed by atoms with van der Waals surface area (Å²) in [5.74, 6) is 0. The van der Waals surface area contributed by atoms with Gasteiger partial charge in [-0.15, -0.1) is 0 Å². The van der Waals surface area contributed by atoms with Crippen LogP contribution in [0.15, 0.2) is 23.6 Å². The minimum Gasteiger partial charge on any atom is -0.328 e. The molecule has 1 aliphatic rings. The molecule has 6 nitrogen and oxygen atoms in total. The van der Waals surface area contributed by atoms with Crippen molar-refractivity contribution in [1.82, 2.24) is 14.3 Å². The molecule has 1 saturated heterocycles. The maximum absolute atomic E-state index is 12.1. The number of piperidine rings is 1. The van der Waals surface area contributed by atoms with Crippen LogP contribution in [-0.2, 0) is 10.0 Å². The number of hydrogen-bond acceptors (Lipinski definition) is 5. The first-order valence-electron chi connectivity index (χ1n) is 5.12.